The van der Waals surface area contributed by atoms with Crippen molar-refractivity contribution in [3.8, 4) is 6.07 Å². The maximum absolute atomic E-state index is 10.5. The number of hydrogen-bond donors (Lipinski definition) is 1. The van der Waals surface area contributed by atoms with E-state index in [9.17, 15) is 4.79 Å². The van der Waals surface area contributed by atoms with Gasteiger partial charge in [-0.05, 0) is 12.1 Å². The van der Waals surface area contributed by atoms with Gasteiger partial charge >= 0.3 is 5.97 Å². The van der Waals surface area contributed by atoms with E-state index in [-0.39, 0.29) is 6.42 Å². The fourth-order valence-corrected chi connectivity index (χ4v) is 0.916. The van der Waals surface area contributed by atoms with Crippen LogP contribution in [0.5, 0.6) is 0 Å². The van der Waals surface area contributed by atoms with E-state index < -0.39 is 11.9 Å². The lowest BCUT2D eigenvalue weighted by Crippen LogP contribution is -2.14. The summed E-state index contributed by atoms with van der Waals surface area (Å²) in [6.07, 6.45) is 1.73. The summed E-state index contributed by atoms with van der Waals surface area (Å²) in [6, 6.07) is 6.92. The van der Waals surface area contributed by atoms with Crippen molar-refractivity contribution in [1.29, 1.82) is 5.26 Å². The molecule has 4 nitrogen and oxygen atoms in total. The molecule has 0 aromatic carbocycles. The van der Waals surface area contributed by atoms with E-state index in [1.165, 1.54) is 0 Å². The molecule has 1 aromatic rings. The van der Waals surface area contributed by atoms with Gasteiger partial charge in [-0.3, -0.25) is 9.78 Å². The standard InChI is InChI=1S/C9H8N2O2/c10-6-7(9(12)13)5-8-3-1-2-4-11-8/h1-4,7H,5H2,(H,12,13)/t7-/m0/s1. The minimum Gasteiger partial charge on any atom is -0.480 e. The molecule has 0 aliphatic heterocycles. The largest absolute Gasteiger partial charge is 0.480 e. The van der Waals surface area contributed by atoms with Crippen LogP contribution in [0.4, 0.5) is 0 Å². The van der Waals surface area contributed by atoms with Crippen molar-refractivity contribution in [2.24, 2.45) is 5.92 Å². The molecule has 0 amide bonds. The topological polar surface area (TPSA) is 74.0 Å². The lowest BCUT2D eigenvalue weighted by atomic mass is 10.1. The third-order valence-corrected chi connectivity index (χ3v) is 1.59. The normalized spacial score (nSPS) is 11.6. The van der Waals surface area contributed by atoms with Crippen molar-refractivity contribution in [1.82, 2.24) is 4.98 Å². The molecule has 1 N–H and O–H groups in total. The number of aliphatic carboxylic acids is 1. The molecule has 1 rings (SSSR count). The zero-order chi connectivity index (χ0) is 9.68. The molecule has 0 aliphatic carbocycles. The molecule has 0 saturated carbocycles. The highest BCUT2D eigenvalue weighted by atomic mass is 16.4. The van der Waals surface area contributed by atoms with Crippen LogP contribution in [0.3, 0.4) is 0 Å². The van der Waals surface area contributed by atoms with E-state index in [1.807, 2.05) is 0 Å². The Morgan fingerprint density at radius 2 is 2.46 bits per heavy atom. The summed E-state index contributed by atoms with van der Waals surface area (Å²) in [6.45, 7) is 0. The number of hydrogen-bond acceptors (Lipinski definition) is 3. The third-order valence-electron chi connectivity index (χ3n) is 1.59. The van der Waals surface area contributed by atoms with E-state index in [4.69, 9.17) is 10.4 Å². The van der Waals surface area contributed by atoms with E-state index in [0.717, 1.165) is 0 Å². The molecule has 0 radical (unpaired) electrons. The highest BCUT2D eigenvalue weighted by Gasteiger charge is 2.16. The van der Waals surface area contributed by atoms with Crippen molar-refractivity contribution < 1.29 is 9.90 Å². The van der Waals surface area contributed by atoms with Gasteiger partial charge in [-0.1, -0.05) is 6.07 Å². The molecular formula is C9H8N2O2. The number of nitriles is 1. The molecule has 13 heavy (non-hydrogen) atoms. The lowest BCUT2D eigenvalue weighted by molar-refractivity contribution is -0.139. The number of carboxylic acid groups (broad SMARTS) is 1. The Labute approximate surface area is 75.5 Å². The van der Waals surface area contributed by atoms with Gasteiger partial charge in [-0.2, -0.15) is 5.26 Å². The van der Waals surface area contributed by atoms with Crippen molar-refractivity contribution in [3.05, 3.63) is 30.1 Å². The molecule has 0 spiro atoms. The van der Waals surface area contributed by atoms with Gasteiger partial charge < -0.3 is 5.11 Å². The highest BCUT2D eigenvalue weighted by Crippen LogP contribution is 2.04. The summed E-state index contributed by atoms with van der Waals surface area (Å²) >= 11 is 0. The molecule has 0 saturated heterocycles. The minimum absolute atomic E-state index is 0.159. The van der Waals surface area contributed by atoms with Crippen LogP contribution in [-0.2, 0) is 11.2 Å². The Morgan fingerprint density at radius 3 is 2.92 bits per heavy atom. The Balaban J connectivity index is 2.69. The number of nitrogens with zero attached hydrogens (tertiary/aromatic N) is 2. The molecule has 0 fully saturated rings. The van der Waals surface area contributed by atoms with E-state index in [1.54, 1.807) is 30.5 Å². The minimum atomic E-state index is -1.10. The molecule has 0 unspecified atom stereocenters. The molecule has 66 valence electrons. The summed E-state index contributed by atoms with van der Waals surface area (Å²) in [5.41, 5.74) is 0.622. The predicted molar refractivity (Wildman–Crippen MR) is 44.7 cm³/mol. The highest BCUT2D eigenvalue weighted by molar-refractivity contribution is 5.73. The Bertz CT molecular complexity index is 329. The zero-order valence-corrected chi connectivity index (χ0v) is 6.84. The fraction of sp³-hybridized carbons (Fsp3) is 0.222. The van der Waals surface area contributed by atoms with E-state index in [2.05, 4.69) is 4.98 Å². The number of carboxylic acids is 1. The molecule has 0 bridgehead atoms. The Morgan fingerprint density at radius 1 is 1.69 bits per heavy atom. The van der Waals surface area contributed by atoms with Gasteiger partial charge in [0.05, 0.1) is 6.07 Å². The second-order valence-electron chi connectivity index (χ2n) is 2.55. The van der Waals surface area contributed by atoms with Gasteiger partial charge in [0, 0.05) is 18.3 Å². The summed E-state index contributed by atoms with van der Waals surface area (Å²) in [4.78, 5) is 14.4. The third kappa shape index (κ3) is 2.56. The van der Waals surface area contributed by atoms with E-state index >= 15 is 0 Å². The predicted octanol–water partition coefficient (Wildman–Crippen LogP) is 0.848. The van der Waals surface area contributed by atoms with Crippen LogP contribution in [0.2, 0.25) is 0 Å². The second kappa shape index (κ2) is 4.21. The van der Waals surface area contributed by atoms with Gasteiger partial charge in [0.25, 0.3) is 0 Å². The van der Waals surface area contributed by atoms with Crippen molar-refractivity contribution in [2.75, 3.05) is 0 Å². The van der Waals surface area contributed by atoms with Crippen molar-refractivity contribution >= 4 is 5.97 Å². The van der Waals surface area contributed by atoms with Gasteiger partial charge in [-0.25, -0.2) is 0 Å². The molecule has 1 heterocycles. The first-order valence-corrected chi connectivity index (χ1v) is 3.76. The monoisotopic (exact) mass is 176 g/mol. The van der Waals surface area contributed by atoms with Gasteiger partial charge in [0.1, 0.15) is 5.92 Å². The number of rotatable bonds is 3. The van der Waals surface area contributed by atoms with Gasteiger partial charge in [0.2, 0.25) is 0 Å². The summed E-state index contributed by atoms with van der Waals surface area (Å²) in [7, 11) is 0. The molecule has 0 aliphatic rings. The SMILES string of the molecule is N#C[C@H](Cc1ccccn1)C(=O)O. The number of pyridine rings is 1. The molecule has 1 aromatic heterocycles. The maximum Gasteiger partial charge on any atom is 0.321 e. The number of carbonyl (C=O) groups is 1. The summed E-state index contributed by atoms with van der Waals surface area (Å²) < 4.78 is 0. The zero-order valence-electron chi connectivity index (χ0n) is 6.84. The quantitative estimate of drug-likeness (QED) is 0.740. The van der Waals surface area contributed by atoms with Crippen LogP contribution < -0.4 is 0 Å². The summed E-state index contributed by atoms with van der Waals surface area (Å²) in [5, 5.41) is 17.1. The van der Waals surface area contributed by atoms with Crippen LogP contribution in [0, 0.1) is 17.2 Å². The number of aromatic nitrogens is 1. The molecular weight excluding hydrogens is 168 g/mol. The van der Waals surface area contributed by atoms with Crippen molar-refractivity contribution in [2.45, 2.75) is 6.42 Å². The average Bonchev–Trinajstić information content (AvgIpc) is 2.15. The fourth-order valence-electron chi connectivity index (χ4n) is 0.916. The summed E-state index contributed by atoms with van der Waals surface area (Å²) in [5.74, 6) is -2.11. The van der Waals surface area contributed by atoms with Gasteiger partial charge in [-0.15, -0.1) is 0 Å². The lowest BCUT2D eigenvalue weighted by Gasteiger charge is -2.01. The van der Waals surface area contributed by atoms with E-state index in [0.29, 0.717) is 5.69 Å². The Kier molecular flexibility index (Phi) is 2.98. The molecule has 1 atom stereocenters. The average molecular weight is 176 g/mol. The van der Waals surface area contributed by atoms with Crippen LogP contribution in [0.25, 0.3) is 0 Å². The first-order valence-electron chi connectivity index (χ1n) is 3.76. The maximum atomic E-state index is 10.5. The Hall–Kier alpha value is -1.89. The van der Waals surface area contributed by atoms with Crippen molar-refractivity contribution in [3.63, 3.8) is 0 Å². The van der Waals surface area contributed by atoms with Crippen LogP contribution in [0.15, 0.2) is 24.4 Å². The molecule has 4 heteroatoms. The first-order chi connectivity index (χ1) is 6.24. The van der Waals surface area contributed by atoms with Crippen LogP contribution in [0.1, 0.15) is 5.69 Å². The van der Waals surface area contributed by atoms with Gasteiger partial charge in [0.15, 0.2) is 0 Å². The van der Waals surface area contributed by atoms with Crippen LogP contribution in [-0.4, -0.2) is 16.1 Å². The van der Waals surface area contributed by atoms with Crippen LogP contribution >= 0.6 is 0 Å². The smallest absolute Gasteiger partial charge is 0.321 e. The second-order valence-corrected chi connectivity index (χ2v) is 2.55. The first kappa shape index (κ1) is 9.20.